The molecule has 2 atom stereocenters. The topological polar surface area (TPSA) is 17.8 Å². The predicted molar refractivity (Wildman–Crippen MR) is 154 cm³/mol. The minimum Gasteiger partial charge on any atom is -0.334 e. The molecule has 2 rings (SSSR count). The van der Waals surface area contributed by atoms with Crippen LogP contribution in [0.3, 0.4) is 0 Å². The van der Waals surface area contributed by atoms with Gasteiger partial charge in [0.25, 0.3) is 0 Å². The molecule has 0 bridgehead atoms. The number of imidazole rings is 1. The van der Waals surface area contributed by atoms with Gasteiger partial charge in [-0.05, 0) is 30.7 Å². The zero-order valence-electron chi connectivity index (χ0n) is 23.3. The van der Waals surface area contributed by atoms with Gasteiger partial charge in [0.15, 0.2) is 0 Å². The summed E-state index contributed by atoms with van der Waals surface area (Å²) in [4.78, 5) is 4.42. The lowest BCUT2D eigenvalue weighted by Crippen LogP contribution is -2.21. The van der Waals surface area contributed by atoms with Crippen LogP contribution in [0.1, 0.15) is 147 Å². The standard InChI is InChI=1S/C33H56N2/c1-3-5-7-9-10-11-12-13-14-15-17-21-25-32(29-31-23-19-18-20-24-31)33(35-28-27-34-30-35)26-22-16-8-6-4-2/h18-20,23-24,27-28,30,32-33H,3-17,21-22,25-26,29H2,1-2H3. The van der Waals surface area contributed by atoms with E-state index in [0.717, 1.165) is 0 Å². The van der Waals surface area contributed by atoms with E-state index >= 15 is 0 Å². The molecule has 35 heavy (non-hydrogen) atoms. The Morgan fingerprint density at radius 2 is 1.14 bits per heavy atom. The van der Waals surface area contributed by atoms with Crippen LogP contribution in [-0.4, -0.2) is 9.55 Å². The lowest BCUT2D eigenvalue weighted by molar-refractivity contribution is 0.275. The van der Waals surface area contributed by atoms with Gasteiger partial charge in [0.2, 0.25) is 0 Å². The van der Waals surface area contributed by atoms with E-state index in [0.29, 0.717) is 12.0 Å². The molecule has 2 unspecified atom stereocenters. The fourth-order valence-corrected chi connectivity index (χ4v) is 5.65. The first-order chi connectivity index (χ1) is 17.3. The van der Waals surface area contributed by atoms with Crippen molar-refractivity contribution in [2.45, 2.75) is 148 Å². The maximum absolute atomic E-state index is 4.42. The van der Waals surface area contributed by atoms with Crippen molar-refractivity contribution in [2.24, 2.45) is 5.92 Å². The second kappa shape index (κ2) is 20.6. The van der Waals surface area contributed by atoms with E-state index in [-0.39, 0.29) is 0 Å². The molecule has 2 aromatic rings. The summed E-state index contributed by atoms with van der Waals surface area (Å²) in [5, 5.41) is 0. The molecule has 0 amide bonds. The molecule has 0 spiro atoms. The summed E-state index contributed by atoms with van der Waals surface area (Å²) in [6.07, 6.45) is 33.9. The average molecular weight is 481 g/mol. The summed E-state index contributed by atoms with van der Waals surface area (Å²) in [5.74, 6) is 0.695. The van der Waals surface area contributed by atoms with Crippen molar-refractivity contribution in [1.82, 2.24) is 9.55 Å². The first kappa shape index (κ1) is 29.7. The van der Waals surface area contributed by atoms with E-state index in [1.54, 1.807) is 0 Å². The number of hydrogen-bond donors (Lipinski definition) is 0. The summed E-state index contributed by atoms with van der Waals surface area (Å²) in [7, 11) is 0. The van der Waals surface area contributed by atoms with Gasteiger partial charge in [0.05, 0.1) is 6.33 Å². The fraction of sp³-hybridized carbons (Fsp3) is 0.727. The smallest absolute Gasteiger partial charge is 0.0948 e. The quantitative estimate of drug-likeness (QED) is 0.145. The first-order valence-electron chi connectivity index (χ1n) is 15.4. The highest BCUT2D eigenvalue weighted by Crippen LogP contribution is 2.32. The van der Waals surface area contributed by atoms with Crippen LogP contribution in [0, 0.1) is 5.92 Å². The van der Waals surface area contributed by atoms with Crippen molar-refractivity contribution < 1.29 is 0 Å². The molecular formula is C33H56N2. The number of benzene rings is 1. The highest BCUT2D eigenvalue weighted by atomic mass is 15.1. The molecule has 2 heteroatoms. The number of unbranched alkanes of at least 4 members (excludes halogenated alkanes) is 15. The van der Waals surface area contributed by atoms with Crippen molar-refractivity contribution in [1.29, 1.82) is 0 Å². The molecule has 2 nitrogen and oxygen atoms in total. The Hall–Kier alpha value is -1.57. The minimum atomic E-state index is 0.576. The number of nitrogens with zero attached hydrogens (tertiary/aromatic N) is 2. The molecule has 0 aliphatic heterocycles. The van der Waals surface area contributed by atoms with Crippen molar-refractivity contribution in [3.63, 3.8) is 0 Å². The fourth-order valence-electron chi connectivity index (χ4n) is 5.65. The van der Waals surface area contributed by atoms with Crippen molar-refractivity contribution in [2.75, 3.05) is 0 Å². The SMILES string of the molecule is CCCCCCCCCCCCCCC(Cc1ccccc1)C(CCCCCCC)n1ccnc1. The molecule has 1 heterocycles. The second-order valence-electron chi connectivity index (χ2n) is 10.9. The maximum atomic E-state index is 4.42. The van der Waals surface area contributed by atoms with E-state index in [9.17, 15) is 0 Å². The van der Waals surface area contributed by atoms with Crippen LogP contribution < -0.4 is 0 Å². The highest BCUT2D eigenvalue weighted by molar-refractivity contribution is 5.15. The molecule has 0 saturated heterocycles. The van der Waals surface area contributed by atoms with Gasteiger partial charge in [-0.25, -0.2) is 4.98 Å². The van der Waals surface area contributed by atoms with Crippen LogP contribution in [0.5, 0.6) is 0 Å². The monoisotopic (exact) mass is 480 g/mol. The van der Waals surface area contributed by atoms with Gasteiger partial charge in [-0.15, -0.1) is 0 Å². The number of aromatic nitrogens is 2. The Morgan fingerprint density at radius 3 is 1.66 bits per heavy atom. The van der Waals surface area contributed by atoms with E-state index in [1.807, 2.05) is 6.20 Å². The summed E-state index contributed by atoms with van der Waals surface area (Å²) in [6, 6.07) is 11.8. The van der Waals surface area contributed by atoms with Crippen LogP contribution in [0.15, 0.2) is 49.1 Å². The average Bonchev–Trinajstić information content (AvgIpc) is 3.41. The molecule has 0 saturated carbocycles. The van der Waals surface area contributed by atoms with Crippen LogP contribution in [0.4, 0.5) is 0 Å². The number of hydrogen-bond acceptors (Lipinski definition) is 1. The summed E-state index contributed by atoms with van der Waals surface area (Å²) in [6.45, 7) is 4.61. The van der Waals surface area contributed by atoms with Gasteiger partial charge in [-0.1, -0.05) is 153 Å². The zero-order valence-corrected chi connectivity index (χ0v) is 23.3. The predicted octanol–water partition coefficient (Wildman–Crippen LogP) is 10.7. The van der Waals surface area contributed by atoms with E-state index in [1.165, 1.54) is 134 Å². The molecule has 0 radical (unpaired) electrons. The molecule has 0 aliphatic rings. The normalized spacial score (nSPS) is 13.2. The van der Waals surface area contributed by atoms with Gasteiger partial charge in [0.1, 0.15) is 0 Å². The van der Waals surface area contributed by atoms with Crippen LogP contribution >= 0.6 is 0 Å². The molecule has 0 fully saturated rings. The Balaban J connectivity index is 1.78. The second-order valence-corrected chi connectivity index (χ2v) is 10.9. The third kappa shape index (κ3) is 13.9. The largest absolute Gasteiger partial charge is 0.334 e. The van der Waals surface area contributed by atoms with Gasteiger partial charge >= 0.3 is 0 Å². The van der Waals surface area contributed by atoms with Gasteiger partial charge in [-0.2, -0.15) is 0 Å². The lowest BCUT2D eigenvalue weighted by atomic mass is 9.84. The van der Waals surface area contributed by atoms with Crippen molar-refractivity contribution >= 4 is 0 Å². The summed E-state index contributed by atoms with van der Waals surface area (Å²) >= 11 is 0. The van der Waals surface area contributed by atoms with Gasteiger partial charge in [-0.3, -0.25) is 0 Å². The molecular weight excluding hydrogens is 424 g/mol. The van der Waals surface area contributed by atoms with Gasteiger partial charge < -0.3 is 4.57 Å². The van der Waals surface area contributed by atoms with E-state index in [4.69, 9.17) is 0 Å². The van der Waals surface area contributed by atoms with Crippen LogP contribution in [0.2, 0.25) is 0 Å². The van der Waals surface area contributed by atoms with Crippen LogP contribution in [0.25, 0.3) is 0 Å². The third-order valence-corrected chi connectivity index (χ3v) is 7.82. The van der Waals surface area contributed by atoms with Crippen molar-refractivity contribution in [3.05, 3.63) is 54.6 Å². The Labute approximate surface area is 218 Å². The third-order valence-electron chi connectivity index (χ3n) is 7.82. The zero-order chi connectivity index (χ0) is 24.8. The Bertz CT molecular complexity index is 678. The number of rotatable bonds is 23. The highest BCUT2D eigenvalue weighted by Gasteiger charge is 2.23. The molecule has 0 N–H and O–H groups in total. The van der Waals surface area contributed by atoms with E-state index in [2.05, 4.69) is 66.3 Å². The van der Waals surface area contributed by atoms with Crippen LogP contribution in [-0.2, 0) is 6.42 Å². The summed E-state index contributed by atoms with van der Waals surface area (Å²) < 4.78 is 2.42. The van der Waals surface area contributed by atoms with Crippen molar-refractivity contribution in [3.8, 4) is 0 Å². The Kier molecular flexibility index (Phi) is 17.5. The lowest BCUT2D eigenvalue weighted by Gasteiger charge is -2.29. The van der Waals surface area contributed by atoms with Gasteiger partial charge in [0, 0.05) is 18.4 Å². The Morgan fingerprint density at radius 1 is 0.629 bits per heavy atom. The molecule has 198 valence electrons. The maximum Gasteiger partial charge on any atom is 0.0948 e. The first-order valence-corrected chi connectivity index (χ1v) is 15.4. The minimum absolute atomic E-state index is 0.576. The van der Waals surface area contributed by atoms with E-state index < -0.39 is 0 Å². The summed E-state index contributed by atoms with van der Waals surface area (Å²) in [5.41, 5.74) is 1.49. The molecule has 0 aliphatic carbocycles. The molecule has 1 aromatic heterocycles. The molecule has 1 aromatic carbocycles.